The van der Waals surface area contributed by atoms with Crippen molar-refractivity contribution in [3.05, 3.63) is 44.6 Å². The molecule has 6 nitrogen and oxygen atoms in total. The van der Waals surface area contributed by atoms with Crippen LogP contribution in [0.15, 0.2) is 33.2 Å². The number of hydrogen-bond donors (Lipinski definition) is 1. The lowest BCUT2D eigenvalue weighted by molar-refractivity contribution is 0.697. The predicted molar refractivity (Wildman–Crippen MR) is 86.9 cm³/mol. The Morgan fingerprint density at radius 3 is 3.10 bits per heavy atom. The van der Waals surface area contributed by atoms with Gasteiger partial charge in [-0.2, -0.15) is 0 Å². The van der Waals surface area contributed by atoms with E-state index in [4.69, 9.17) is 0 Å². The van der Waals surface area contributed by atoms with Crippen LogP contribution in [0, 0.1) is 0 Å². The number of halogens is 1. The van der Waals surface area contributed by atoms with Gasteiger partial charge in [0.15, 0.2) is 5.82 Å². The lowest BCUT2D eigenvalue weighted by Crippen LogP contribution is -2.22. The van der Waals surface area contributed by atoms with Gasteiger partial charge in [-0.1, -0.05) is 0 Å². The molecular formula is C13H12BrN5OS. The van der Waals surface area contributed by atoms with Crippen LogP contribution in [-0.4, -0.2) is 26.1 Å². The van der Waals surface area contributed by atoms with Crippen LogP contribution >= 0.6 is 27.3 Å². The fourth-order valence-corrected chi connectivity index (χ4v) is 3.09. The lowest BCUT2D eigenvalue weighted by atomic mass is 10.3. The average Bonchev–Trinajstić information content (AvgIpc) is 2.93. The molecular weight excluding hydrogens is 354 g/mol. The van der Waals surface area contributed by atoms with Gasteiger partial charge in [0.2, 0.25) is 0 Å². The molecule has 3 aromatic heterocycles. The molecule has 3 aromatic rings. The molecule has 8 heteroatoms. The van der Waals surface area contributed by atoms with Crippen molar-refractivity contribution in [1.29, 1.82) is 0 Å². The van der Waals surface area contributed by atoms with E-state index >= 15 is 0 Å². The Balaban J connectivity index is 2.04. The van der Waals surface area contributed by atoms with Gasteiger partial charge in [0, 0.05) is 12.7 Å². The minimum absolute atomic E-state index is 0.148. The molecule has 3 heterocycles. The summed E-state index contributed by atoms with van der Waals surface area (Å²) in [6, 6.07) is 1.99. The molecule has 0 aliphatic rings. The molecule has 108 valence electrons. The van der Waals surface area contributed by atoms with Gasteiger partial charge in [0.25, 0.3) is 5.56 Å². The monoisotopic (exact) mass is 365 g/mol. The van der Waals surface area contributed by atoms with Gasteiger partial charge in [-0.15, -0.1) is 11.3 Å². The first-order chi connectivity index (χ1) is 10.2. The minimum Gasteiger partial charge on any atom is -0.370 e. The van der Waals surface area contributed by atoms with Crippen LogP contribution in [0.2, 0.25) is 0 Å². The van der Waals surface area contributed by atoms with Gasteiger partial charge in [-0.3, -0.25) is 9.36 Å². The van der Waals surface area contributed by atoms with E-state index in [2.05, 4.69) is 36.2 Å². The van der Waals surface area contributed by atoms with E-state index in [1.807, 2.05) is 18.4 Å². The van der Waals surface area contributed by atoms with Gasteiger partial charge in [-0.05, 0) is 34.3 Å². The van der Waals surface area contributed by atoms with Crippen LogP contribution in [0.25, 0.3) is 10.2 Å². The maximum absolute atomic E-state index is 12.0. The number of nitrogens with zero attached hydrogens (tertiary/aromatic N) is 4. The molecule has 0 fully saturated rings. The summed E-state index contributed by atoms with van der Waals surface area (Å²) in [6.45, 7) is 3.08. The number of aromatic nitrogens is 4. The fraction of sp³-hybridized carbons (Fsp3) is 0.231. The maximum atomic E-state index is 12.0. The Morgan fingerprint density at radius 1 is 1.43 bits per heavy atom. The molecule has 1 N–H and O–H groups in total. The maximum Gasteiger partial charge on any atom is 0.268 e. The summed E-state index contributed by atoms with van der Waals surface area (Å²) >= 11 is 4.74. The topological polar surface area (TPSA) is 72.7 Å². The third-order valence-corrected chi connectivity index (χ3v) is 4.24. The first-order valence-corrected chi connectivity index (χ1v) is 8.04. The van der Waals surface area contributed by atoms with Crippen LogP contribution in [0.1, 0.15) is 12.7 Å². The zero-order chi connectivity index (χ0) is 14.8. The van der Waals surface area contributed by atoms with Crippen molar-refractivity contribution in [2.24, 2.45) is 0 Å². The second-order valence-corrected chi connectivity index (χ2v) is 6.08. The number of thiophene rings is 1. The lowest BCUT2D eigenvalue weighted by Gasteiger charge is -2.08. The summed E-state index contributed by atoms with van der Waals surface area (Å²) in [4.78, 5) is 25.9. The van der Waals surface area contributed by atoms with Crippen molar-refractivity contribution in [2.75, 3.05) is 11.9 Å². The largest absolute Gasteiger partial charge is 0.370 e. The summed E-state index contributed by atoms with van der Waals surface area (Å²) < 4.78 is 1.91. The van der Waals surface area contributed by atoms with E-state index in [9.17, 15) is 4.79 Å². The Hall–Kier alpha value is -1.80. The van der Waals surface area contributed by atoms with Crippen molar-refractivity contribution >= 4 is 43.3 Å². The van der Waals surface area contributed by atoms with E-state index in [1.54, 1.807) is 11.3 Å². The molecule has 0 amide bonds. The Bertz CT molecular complexity index is 844. The third-order valence-electron chi connectivity index (χ3n) is 2.89. The first kappa shape index (κ1) is 14.2. The zero-order valence-electron chi connectivity index (χ0n) is 11.2. The Labute approximate surface area is 133 Å². The molecule has 0 aromatic carbocycles. The molecule has 21 heavy (non-hydrogen) atoms. The number of rotatable bonds is 4. The number of anilines is 1. The summed E-state index contributed by atoms with van der Waals surface area (Å²) in [5.74, 6) is 1.39. The van der Waals surface area contributed by atoms with Crippen molar-refractivity contribution in [3.8, 4) is 0 Å². The Kier molecular flexibility index (Phi) is 3.98. The van der Waals surface area contributed by atoms with E-state index in [1.165, 1.54) is 17.1 Å². The molecule has 0 bridgehead atoms. The third kappa shape index (κ3) is 2.81. The van der Waals surface area contributed by atoms with Crippen molar-refractivity contribution in [3.63, 3.8) is 0 Å². The SMILES string of the molecule is CCNc1nc(Cn2cncc(Br)c2=O)nc2sccc12. The molecule has 0 atom stereocenters. The van der Waals surface area contributed by atoms with Crippen molar-refractivity contribution < 1.29 is 0 Å². The average molecular weight is 366 g/mol. The summed E-state index contributed by atoms with van der Waals surface area (Å²) in [6.07, 6.45) is 2.97. The van der Waals surface area contributed by atoms with Crippen LogP contribution in [-0.2, 0) is 6.54 Å². The van der Waals surface area contributed by atoms with E-state index in [0.29, 0.717) is 10.3 Å². The molecule has 0 saturated heterocycles. The summed E-state index contributed by atoms with van der Waals surface area (Å²) in [5.41, 5.74) is -0.148. The van der Waals surface area contributed by atoms with Gasteiger partial charge < -0.3 is 5.32 Å². The fourth-order valence-electron chi connectivity index (χ4n) is 1.96. The molecule has 3 rings (SSSR count). The van der Waals surface area contributed by atoms with Crippen LogP contribution in [0.5, 0.6) is 0 Å². The van der Waals surface area contributed by atoms with Crippen LogP contribution in [0.4, 0.5) is 5.82 Å². The first-order valence-electron chi connectivity index (χ1n) is 6.37. The zero-order valence-corrected chi connectivity index (χ0v) is 13.6. The highest BCUT2D eigenvalue weighted by Crippen LogP contribution is 2.25. The van der Waals surface area contributed by atoms with E-state index in [-0.39, 0.29) is 12.1 Å². The highest BCUT2D eigenvalue weighted by Gasteiger charge is 2.10. The highest BCUT2D eigenvalue weighted by atomic mass is 79.9. The molecule has 0 aliphatic carbocycles. The second-order valence-electron chi connectivity index (χ2n) is 4.33. The van der Waals surface area contributed by atoms with E-state index in [0.717, 1.165) is 22.6 Å². The predicted octanol–water partition coefficient (Wildman–Crippen LogP) is 2.49. The van der Waals surface area contributed by atoms with Gasteiger partial charge in [-0.25, -0.2) is 15.0 Å². The second kappa shape index (κ2) is 5.90. The standard InChI is InChI=1S/C13H12BrN5OS/c1-2-16-11-8-3-4-21-12(8)18-10(17-11)6-19-7-15-5-9(14)13(19)20/h3-5,7H,2,6H2,1H3,(H,16,17,18). The molecule has 0 saturated carbocycles. The molecule has 0 radical (unpaired) electrons. The number of fused-ring (bicyclic) bond motifs is 1. The van der Waals surface area contributed by atoms with Crippen molar-refractivity contribution in [1.82, 2.24) is 19.5 Å². The molecule has 0 aliphatic heterocycles. The quantitative estimate of drug-likeness (QED) is 0.768. The van der Waals surface area contributed by atoms with Gasteiger partial charge in [0.05, 0.1) is 18.3 Å². The van der Waals surface area contributed by atoms with Gasteiger partial charge >= 0.3 is 0 Å². The highest BCUT2D eigenvalue weighted by molar-refractivity contribution is 9.10. The van der Waals surface area contributed by atoms with E-state index < -0.39 is 0 Å². The summed E-state index contributed by atoms with van der Waals surface area (Å²) in [7, 11) is 0. The van der Waals surface area contributed by atoms with Crippen LogP contribution in [0.3, 0.4) is 0 Å². The normalized spacial score (nSPS) is 11.0. The molecule has 0 spiro atoms. The molecule has 0 unspecified atom stereocenters. The van der Waals surface area contributed by atoms with Crippen molar-refractivity contribution in [2.45, 2.75) is 13.5 Å². The Morgan fingerprint density at radius 2 is 2.29 bits per heavy atom. The summed E-state index contributed by atoms with van der Waals surface area (Å²) in [5, 5.41) is 6.22. The number of nitrogens with one attached hydrogen (secondary N) is 1. The smallest absolute Gasteiger partial charge is 0.268 e. The van der Waals surface area contributed by atoms with Gasteiger partial charge in [0.1, 0.15) is 15.1 Å². The van der Waals surface area contributed by atoms with Crippen LogP contribution < -0.4 is 10.9 Å². The minimum atomic E-state index is -0.148. The number of hydrogen-bond acceptors (Lipinski definition) is 6.